The molecule has 0 radical (unpaired) electrons. The molecule has 0 spiro atoms. The van der Waals surface area contributed by atoms with Crippen molar-refractivity contribution in [1.82, 2.24) is 14.9 Å². The zero-order valence-corrected chi connectivity index (χ0v) is 20.9. The summed E-state index contributed by atoms with van der Waals surface area (Å²) < 4.78 is 8.33. The van der Waals surface area contributed by atoms with Gasteiger partial charge in [-0.15, -0.1) is 0 Å². The van der Waals surface area contributed by atoms with Crippen LogP contribution < -0.4 is 10.1 Å². The fourth-order valence-electron chi connectivity index (χ4n) is 4.18. The van der Waals surface area contributed by atoms with E-state index in [1.165, 1.54) is 5.52 Å². The molecular formula is C29H32ClN3O2. The van der Waals surface area contributed by atoms with Crippen molar-refractivity contribution in [3.63, 3.8) is 0 Å². The standard InChI is InChI=1S/C29H32ClN3O2/c1-22-10-4-7-13-27(22)35-21-9-20-33-26-12-6-5-11-25(26)32-28(33)14-3-2-8-19-31-29(34)23-15-17-24(30)18-16-23/h4-7,10-13,15-18H,2-3,8-9,14,19-21H2,1H3,(H,31,34). The number of halogens is 1. The Labute approximate surface area is 212 Å². The average molecular weight is 490 g/mol. The van der Waals surface area contributed by atoms with Gasteiger partial charge in [0.2, 0.25) is 0 Å². The second-order valence-corrected chi connectivity index (χ2v) is 9.15. The number of para-hydroxylation sites is 3. The van der Waals surface area contributed by atoms with E-state index in [-0.39, 0.29) is 5.91 Å². The molecule has 1 N–H and O–H groups in total. The molecule has 35 heavy (non-hydrogen) atoms. The van der Waals surface area contributed by atoms with Gasteiger partial charge in [0.05, 0.1) is 17.6 Å². The van der Waals surface area contributed by atoms with Crippen molar-refractivity contribution < 1.29 is 9.53 Å². The van der Waals surface area contributed by atoms with E-state index in [0.29, 0.717) is 23.7 Å². The predicted octanol–water partition coefficient (Wildman–Crippen LogP) is 6.61. The number of rotatable bonds is 12. The van der Waals surface area contributed by atoms with Crippen molar-refractivity contribution >= 4 is 28.5 Å². The van der Waals surface area contributed by atoms with Gasteiger partial charge < -0.3 is 14.6 Å². The third-order valence-electron chi connectivity index (χ3n) is 6.08. The summed E-state index contributed by atoms with van der Waals surface area (Å²) in [5, 5.41) is 3.62. The maximum atomic E-state index is 12.2. The van der Waals surface area contributed by atoms with Crippen LogP contribution in [-0.4, -0.2) is 28.6 Å². The molecule has 0 aliphatic carbocycles. The molecule has 4 rings (SSSR count). The number of hydrogen-bond donors (Lipinski definition) is 1. The minimum Gasteiger partial charge on any atom is -0.493 e. The van der Waals surface area contributed by atoms with Crippen LogP contribution in [0, 0.1) is 6.92 Å². The third kappa shape index (κ3) is 6.86. The van der Waals surface area contributed by atoms with E-state index in [1.807, 2.05) is 24.3 Å². The van der Waals surface area contributed by atoms with Crippen LogP contribution in [0.2, 0.25) is 5.02 Å². The molecular weight excluding hydrogens is 458 g/mol. The summed E-state index contributed by atoms with van der Waals surface area (Å²) in [6, 6.07) is 23.4. The van der Waals surface area contributed by atoms with E-state index in [2.05, 4.69) is 41.1 Å². The minimum absolute atomic E-state index is 0.0589. The Balaban J connectivity index is 1.24. The van der Waals surface area contributed by atoms with E-state index >= 15 is 0 Å². The highest BCUT2D eigenvalue weighted by atomic mass is 35.5. The first-order chi connectivity index (χ1) is 17.1. The van der Waals surface area contributed by atoms with Gasteiger partial charge in [-0.2, -0.15) is 0 Å². The summed E-state index contributed by atoms with van der Waals surface area (Å²) in [5.41, 5.74) is 4.01. The summed E-state index contributed by atoms with van der Waals surface area (Å²) in [7, 11) is 0. The monoisotopic (exact) mass is 489 g/mol. The van der Waals surface area contributed by atoms with Gasteiger partial charge in [-0.1, -0.05) is 48.4 Å². The SMILES string of the molecule is Cc1ccccc1OCCCn1c(CCCCCNC(=O)c2ccc(Cl)cc2)nc2ccccc21. The van der Waals surface area contributed by atoms with Gasteiger partial charge in [0.25, 0.3) is 5.91 Å². The number of carbonyl (C=O) groups is 1. The van der Waals surface area contributed by atoms with E-state index in [1.54, 1.807) is 24.3 Å². The number of fused-ring (bicyclic) bond motifs is 1. The first-order valence-corrected chi connectivity index (χ1v) is 12.7. The lowest BCUT2D eigenvalue weighted by Crippen LogP contribution is -2.24. The maximum Gasteiger partial charge on any atom is 0.251 e. The van der Waals surface area contributed by atoms with E-state index in [0.717, 1.165) is 61.3 Å². The highest BCUT2D eigenvalue weighted by Crippen LogP contribution is 2.20. The van der Waals surface area contributed by atoms with Crippen LogP contribution in [0.4, 0.5) is 0 Å². The molecule has 0 fully saturated rings. The zero-order chi connectivity index (χ0) is 24.5. The fourth-order valence-corrected chi connectivity index (χ4v) is 4.31. The average Bonchev–Trinajstić information content (AvgIpc) is 3.22. The molecule has 1 amide bonds. The Morgan fingerprint density at radius 2 is 1.71 bits per heavy atom. The Morgan fingerprint density at radius 3 is 2.54 bits per heavy atom. The number of imidazole rings is 1. The minimum atomic E-state index is -0.0589. The first kappa shape index (κ1) is 24.8. The third-order valence-corrected chi connectivity index (χ3v) is 6.33. The number of nitrogens with one attached hydrogen (secondary N) is 1. The normalized spacial score (nSPS) is 11.0. The molecule has 1 aromatic heterocycles. The molecule has 5 nitrogen and oxygen atoms in total. The topological polar surface area (TPSA) is 56.1 Å². The van der Waals surface area contributed by atoms with Gasteiger partial charge in [-0.05, 0) is 74.2 Å². The lowest BCUT2D eigenvalue weighted by molar-refractivity contribution is 0.0953. The van der Waals surface area contributed by atoms with Crippen LogP contribution in [0.1, 0.15) is 47.4 Å². The zero-order valence-electron chi connectivity index (χ0n) is 20.2. The lowest BCUT2D eigenvalue weighted by Gasteiger charge is -2.12. The molecule has 6 heteroatoms. The van der Waals surface area contributed by atoms with Crippen molar-refractivity contribution in [2.24, 2.45) is 0 Å². The van der Waals surface area contributed by atoms with E-state index in [9.17, 15) is 4.79 Å². The Kier molecular flexibility index (Phi) is 8.79. The number of carbonyl (C=O) groups excluding carboxylic acids is 1. The van der Waals surface area contributed by atoms with Gasteiger partial charge in [0, 0.05) is 30.1 Å². The van der Waals surface area contributed by atoms with Crippen LogP contribution in [-0.2, 0) is 13.0 Å². The Hall–Kier alpha value is -3.31. The van der Waals surface area contributed by atoms with E-state index in [4.69, 9.17) is 21.3 Å². The van der Waals surface area contributed by atoms with Crippen LogP contribution >= 0.6 is 11.6 Å². The van der Waals surface area contributed by atoms with Gasteiger partial charge in [-0.25, -0.2) is 4.98 Å². The van der Waals surface area contributed by atoms with Crippen molar-refractivity contribution in [2.45, 2.75) is 45.6 Å². The van der Waals surface area contributed by atoms with Crippen molar-refractivity contribution in [2.75, 3.05) is 13.2 Å². The predicted molar refractivity (Wildman–Crippen MR) is 142 cm³/mol. The molecule has 182 valence electrons. The molecule has 0 unspecified atom stereocenters. The maximum absolute atomic E-state index is 12.2. The van der Waals surface area contributed by atoms with Crippen LogP contribution in [0.3, 0.4) is 0 Å². The van der Waals surface area contributed by atoms with Gasteiger partial charge in [0.1, 0.15) is 11.6 Å². The Morgan fingerprint density at radius 1 is 0.943 bits per heavy atom. The van der Waals surface area contributed by atoms with Crippen molar-refractivity contribution in [3.8, 4) is 5.75 Å². The fraction of sp³-hybridized carbons (Fsp3) is 0.310. The summed E-state index contributed by atoms with van der Waals surface area (Å²) >= 11 is 5.89. The molecule has 0 aliphatic rings. The molecule has 1 heterocycles. The van der Waals surface area contributed by atoms with Crippen molar-refractivity contribution in [3.05, 3.63) is 94.8 Å². The summed E-state index contributed by atoms with van der Waals surface area (Å²) in [4.78, 5) is 17.1. The van der Waals surface area contributed by atoms with E-state index < -0.39 is 0 Å². The second-order valence-electron chi connectivity index (χ2n) is 8.71. The summed E-state index contributed by atoms with van der Waals surface area (Å²) in [5.74, 6) is 2.01. The summed E-state index contributed by atoms with van der Waals surface area (Å²) in [6.45, 7) is 4.27. The number of benzene rings is 3. The number of hydrogen-bond acceptors (Lipinski definition) is 3. The summed E-state index contributed by atoms with van der Waals surface area (Å²) in [6.07, 6.45) is 4.82. The van der Waals surface area contributed by atoms with Gasteiger partial charge >= 0.3 is 0 Å². The Bertz CT molecular complexity index is 1250. The van der Waals surface area contributed by atoms with Crippen molar-refractivity contribution in [1.29, 1.82) is 0 Å². The first-order valence-electron chi connectivity index (χ1n) is 12.3. The quantitative estimate of drug-likeness (QED) is 0.228. The lowest BCUT2D eigenvalue weighted by atomic mass is 10.1. The van der Waals surface area contributed by atoms with Crippen LogP contribution in [0.25, 0.3) is 11.0 Å². The number of aromatic nitrogens is 2. The van der Waals surface area contributed by atoms with Gasteiger partial charge in [-0.3, -0.25) is 4.79 Å². The molecule has 0 saturated heterocycles. The van der Waals surface area contributed by atoms with Gasteiger partial charge in [0.15, 0.2) is 0 Å². The highest BCUT2D eigenvalue weighted by Gasteiger charge is 2.11. The largest absolute Gasteiger partial charge is 0.493 e. The molecule has 0 saturated carbocycles. The molecule has 3 aromatic carbocycles. The van der Waals surface area contributed by atoms with Crippen LogP contribution in [0.5, 0.6) is 5.75 Å². The van der Waals surface area contributed by atoms with Crippen LogP contribution in [0.15, 0.2) is 72.8 Å². The number of ether oxygens (including phenoxy) is 1. The molecule has 0 atom stereocenters. The number of amides is 1. The smallest absolute Gasteiger partial charge is 0.251 e. The molecule has 0 bridgehead atoms. The second kappa shape index (κ2) is 12.4. The molecule has 4 aromatic rings. The number of aryl methyl sites for hydroxylation is 3. The number of unbranched alkanes of at least 4 members (excludes halogenated alkanes) is 2. The highest BCUT2D eigenvalue weighted by molar-refractivity contribution is 6.30. The number of nitrogens with zero attached hydrogens (tertiary/aromatic N) is 2. The molecule has 0 aliphatic heterocycles.